The fourth-order valence-corrected chi connectivity index (χ4v) is 4.40. The minimum absolute atomic E-state index is 0.0924. The fourth-order valence-electron chi connectivity index (χ4n) is 4.40. The van der Waals surface area contributed by atoms with Crippen LogP contribution in [0.4, 0.5) is 19.1 Å². The summed E-state index contributed by atoms with van der Waals surface area (Å²) in [6.45, 7) is 4.05. The summed E-state index contributed by atoms with van der Waals surface area (Å²) < 4.78 is 47.0. The highest BCUT2D eigenvalue weighted by Crippen LogP contribution is 2.40. The highest BCUT2D eigenvalue weighted by atomic mass is 19.4. The third-order valence-electron chi connectivity index (χ3n) is 6.03. The molecule has 2 aliphatic rings. The molecule has 0 aliphatic carbocycles. The summed E-state index contributed by atoms with van der Waals surface area (Å²) in [5, 5.41) is 6.85. The number of aromatic nitrogens is 3. The highest BCUT2D eigenvalue weighted by molar-refractivity contribution is 5.94. The summed E-state index contributed by atoms with van der Waals surface area (Å²) in [5.41, 5.74) is 1.56. The molecule has 1 N–H and O–H groups in total. The molecule has 2 aliphatic heterocycles. The van der Waals surface area contributed by atoms with E-state index in [1.165, 1.54) is 0 Å². The molecular weight excluding hydrogens is 411 g/mol. The number of anilines is 1. The number of ether oxygens (including phenoxy) is 1. The van der Waals surface area contributed by atoms with Gasteiger partial charge in [0.25, 0.3) is 5.91 Å². The van der Waals surface area contributed by atoms with E-state index in [0.29, 0.717) is 31.9 Å². The molecule has 1 aromatic heterocycles. The Morgan fingerprint density at radius 2 is 2.06 bits per heavy atom. The van der Waals surface area contributed by atoms with Gasteiger partial charge in [0.05, 0.1) is 6.61 Å². The maximum atomic E-state index is 13.6. The average molecular weight is 437 g/mol. The van der Waals surface area contributed by atoms with Crippen LogP contribution in [0.2, 0.25) is 0 Å². The number of rotatable bonds is 5. The van der Waals surface area contributed by atoms with Crippen molar-refractivity contribution in [3.05, 3.63) is 41.7 Å². The molecule has 1 fully saturated rings. The molecule has 0 bridgehead atoms. The van der Waals surface area contributed by atoms with Gasteiger partial charge >= 0.3 is 6.18 Å². The number of nitrogens with one attached hydrogen (secondary N) is 1. The van der Waals surface area contributed by atoms with Crippen molar-refractivity contribution >= 4 is 11.9 Å². The first kappa shape index (κ1) is 21.6. The van der Waals surface area contributed by atoms with Crippen LogP contribution in [-0.2, 0) is 11.3 Å². The number of halogens is 3. The Hall–Kier alpha value is -2.62. The molecule has 1 aromatic carbocycles. The normalized spacial score (nSPS) is 23.9. The predicted molar refractivity (Wildman–Crippen MR) is 108 cm³/mol. The Labute approximate surface area is 178 Å². The Morgan fingerprint density at radius 3 is 2.77 bits per heavy atom. The maximum Gasteiger partial charge on any atom is 0.411 e. The van der Waals surface area contributed by atoms with Gasteiger partial charge < -0.3 is 15.0 Å². The van der Waals surface area contributed by atoms with Crippen LogP contribution in [0.25, 0.3) is 0 Å². The molecule has 2 aromatic rings. The van der Waals surface area contributed by atoms with E-state index in [9.17, 15) is 18.0 Å². The van der Waals surface area contributed by atoms with Gasteiger partial charge in [0.1, 0.15) is 6.33 Å². The first-order valence-corrected chi connectivity index (χ1v) is 10.6. The molecule has 3 heterocycles. The SMILES string of the molecule is CCOCc1ccc(C(=O)N2CCCC([C@@H]3C[C@H](C(F)(F)F)n4ncnc4N3)C2)cc1. The van der Waals surface area contributed by atoms with Crippen LogP contribution in [0.15, 0.2) is 30.6 Å². The Kier molecular flexibility index (Phi) is 6.17. The van der Waals surface area contributed by atoms with Crippen molar-refractivity contribution in [1.29, 1.82) is 0 Å². The third kappa shape index (κ3) is 4.68. The zero-order valence-electron chi connectivity index (χ0n) is 17.3. The largest absolute Gasteiger partial charge is 0.411 e. The standard InChI is InChI=1S/C21H26F3N5O2/c1-2-31-12-14-5-7-15(8-6-14)19(30)28-9-3-4-16(11-28)17-10-18(21(22,23)24)29-20(27-17)25-13-26-29/h5-8,13,16-18H,2-4,9-12H2,1H3,(H,25,26,27)/t16?,17-,18+/m0/s1. The molecule has 31 heavy (non-hydrogen) atoms. The van der Waals surface area contributed by atoms with Gasteiger partial charge in [0.15, 0.2) is 6.04 Å². The van der Waals surface area contributed by atoms with Gasteiger partial charge in [-0.15, -0.1) is 0 Å². The average Bonchev–Trinajstić information content (AvgIpc) is 3.25. The predicted octanol–water partition coefficient (Wildman–Crippen LogP) is 3.65. The zero-order chi connectivity index (χ0) is 22.0. The minimum Gasteiger partial charge on any atom is -0.377 e. The summed E-state index contributed by atoms with van der Waals surface area (Å²) in [5.74, 6) is -0.0591. The molecule has 4 rings (SSSR count). The first-order chi connectivity index (χ1) is 14.9. The summed E-state index contributed by atoms with van der Waals surface area (Å²) in [6.07, 6.45) is -1.89. The fraction of sp³-hybridized carbons (Fsp3) is 0.571. The number of likely N-dealkylation sites (tertiary alicyclic amines) is 1. The van der Waals surface area contributed by atoms with Crippen molar-refractivity contribution in [1.82, 2.24) is 19.7 Å². The lowest BCUT2D eigenvalue weighted by Gasteiger charge is -2.41. The van der Waals surface area contributed by atoms with Gasteiger partial charge in [-0.05, 0) is 49.8 Å². The molecule has 0 saturated carbocycles. The first-order valence-electron chi connectivity index (χ1n) is 10.6. The molecule has 7 nitrogen and oxygen atoms in total. The van der Waals surface area contributed by atoms with Gasteiger partial charge in [-0.2, -0.15) is 23.3 Å². The number of nitrogens with zero attached hydrogens (tertiary/aromatic N) is 4. The van der Waals surface area contributed by atoms with Gasteiger partial charge in [0, 0.05) is 31.3 Å². The molecule has 1 saturated heterocycles. The summed E-state index contributed by atoms with van der Waals surface area (Å²) in [4.78, 5) is 18.7. The number of carbonyl (C=O) groups is 1. The van der Waals surface area contributed by atoms with E-state index < -0.39 is 18.3 Å². The van der Waals surface area contributed by atoms with Crippen LogP contribution < -0.4 is 5.32 Å². The van der Waals surface area contributed by atoms with Gasteiger partial charge in [-0.25, -0.2) is 4.68 Å². The van der Waals surface area contributed by atoms with E-state index >= 15 is 0 Å². The van der Waals surface area contributed by atoms with E-state index in [1.807, 2.05) is 19.1 Å². The lowest BCUT2D eigenvalue weighted by Crippen LogP contribution is -2.49. The highest BCUT2D eigenvalue weighted by Gasteiger charge is 2.48. The number of benzene rings is 1. The van der Waals surface area contributed by atoms with Crippen LogP contribution in [0.3, 0.4) is 0 Å². The van der Waals surface area contributed by atoms with Crippen LogP contribution in [0.1, 0.15) is 48.1 Å². The third-order valence-corrected chi connectivity index (χ3v) is 6.03. The Morgan fingerprint density at radius 1 is 1.29 bits per heavy atom. The van der Waals surface area contributed by atoms with Crippen molar-refractivity contribution in [2.75, 3.05) is 25.0 Å². The number of hydrogen-bond acceptors (Lipinski definition) is 5. The number of fused-ring (bicyclic) bond motifs is 1. The topological polar surface area (TPSA) is 72.3 Å². The van der Waals surface area contributed by atoms with E-state index in [-0.39, 0.29) is 24.2 Å². The molecule has 0 radical (unpaired) electrons. The molecule has 1 amide bonds. The minimum atomic E-state index is -4.41. The van der Waals surface area contributed by atoms with E-state index in [0.717, 1.165) is 29.4 Å². The van der Waals surface area contributed by atoms with Crippen LogP contribution in [0.5, 0.6) is 0 Å². The van der Waals surface area contributed by atoms with Gasteiger partial charge in [-0.3, -0.25) is 4.79 Å². The molecule has 3 atom stereocenters. The quantitative estimate of drug-likeness (QED) is 0.773. The van der Waals surface area contributed by atoms with Gasteiger partial charge in [0.2, 0.25) is 5.95 Å². The lowest BCUT2D eigenvalue weighted by atomic mass is 9.85. The van der Waals surface area contributed by atoms with Crippen LogP contribution >= 0.6 is 0 Å². The smallest absolute Gasteiger partial charge is 0.377 e. The van der Waals surface area contributed by atoms with Gasteiger partial charge in [-0.1, -0.05) is 12.1 Å². The molecule has 0 spiro atoms. The number of alkyl halides is 3. The van der Waals surface area contributed by atoms with Crippen molar-refractivity contribution in [3.63, 3.8) is 0 Å². The van der Waals surface area contributed by atoms with Crippen LogP contribution in [0, 0.1) is 5.92 Å². The molecular formula is C21H26F3N5O2. The number of piperidine rings is 1. The second-order valence-electron chi connectivity index (χ2n) is 8.06. The van der Waals surface area contributed by atoms with E-state index in [1.54, 1.807) is 17.0 Å². The summed E-state index contributed by atoms with van der Waals surface area (Å²) >= 11 is 0. The Bertz CT molecular complexity index is 899. The van der Waals surface area contributed by atoms with Crippen molar-refractivity contribution < 1.29 is 22.7 Å². The van der Waals surface area contributed by atoms with E-state index in [2.05, 4.69) is 15.4 Å². The molecule has 10 heteroatoms. The summed E-state index contributed by atoms with van der Waals surface area (Å²) in [6, 6.07) is 5.16. The number of amides is 1. The lowest BCUT2D eigenvalue weighted by molar-refractivity contribution is -0.174. The Balaban J connectivity index is 1.44. The second-order valence-corrected chi connectivity index (χ2v) is 8.06. The second kappa shape index (κ2) is 8.86. The summed E-state index contributed by atoms with van der Waals surface area (Å²) in [7, 11) is 0. The van der Waals surface area contributed by atoms with Crippen molar-refractivity contribution in [3.8, 4) is 0 Å². The molecule has 1 unspecified atom stereocenters. The number of carbonyl (C=O) groups excluding carboxylic acids is 1. The molecule has 168 valence electrons. The maximum absolute atomic E-state index is 13.6. The van der Waals surface area contributed by atoms with E-state index in [4.69, 9.17) is 4.74 Å². The van der Waals surface area contributed by atoms with Crippen molar-refractivity contribution in [2.24, 2.45) is 5.92 Å². The number of hydrogen-bond donors (Lipinski definition) is 1. The van der Waals surface area contributed by atoms with Crippen LogP contribution in [-0.4, -0.2) is 57.5 Å². The monoisotopic (exact) mass is 437 g/mol. The van der Waals surface area contributed by atoms with Crippen molar-refractivity contribution in [2.45, 2.75) is 51.1 Å². The zero-order valence-corrected chi connectivity index (χ0v) is 17.3.